The second kappa shape index (κ2) is 5.82. The van der Waals surface area contributed by atoms with Gasteiger partial charge in [0.05, 0.1) is 11.1 Å². The van der Waals surface area contributed by atoms with Crippen LogP contribution in [0.25, 0.3) is 0 Å². The van der Waals surface area contributed by atoms with E-state index in [9.17, 15) is 20.0 Å². The molecule has 0 aliphatic carbocycles. The highest BCUT2D eigenvalue weighted by molar-refractivity contribution is 5.93. The van der Waals surface area contributed by atoms with Crippen molar-refractivity contribution in [3.63, 3.8) is 0 Å². The number of aromatic nitrogens is 2. The number of carbonyl (C=O) groups excluding carboxylic acids is 1. The predicted octanol–water partition coefficient (Wildman–Crippen LogP) is 0.464. The summed E-state index contributed by atoms with van der Waals surface area (Å²) in [7, 11) is 0. The van der Waals surface area contributed by atoms with Crippen LogP contribution in [0.5, 0.6) is 5.75 Å². The molecule has 108 valence electrons. The Balaban J connectivity index is 2.09. The van der Waals surface area contributed by atoms with Crippen molar-refractivity contribution in [1.29, 1.82) is 0 Å². The molecule has 0 fully saturated rings. The number of benzene rings is 1. The zero-order chi connectivity index (χ0) is 15.4. The van der Waals surface area contributed by atoms with Crippen molar-refractivity contribution >= 4 is 17.8 Å². The minimum absolute atomic E-state index is 0.00251. The van der Waals surface area contributed by atoms with Crippen LogP contribution >= 0.6 is 0 Å². The molecular formula is C12H10N5O4-. The van der Waals surface area contributed by atoms with Crippen molar-refractivity contribution in [2.75, 3.05) is 0 Å². The second-order valence-corrected chi connectivity index (χ2v) is 4.11. The van der Waals surface area contributed by atoms with Gasteiger partial charge in [0.15, 0.2) is 5.69 Å². The van der Waals surface area contributed by atoms with Crippen LogP contribution in [0.1, 0.15) is 21.7 Å². The standard InChI is InChI=1S/C12H11N5O4/c1-7-4-10(15-14-7)12(19)16-13-6-8-5-9(17(20)21)2-3-11(8)18/h2-6,18H,1H3,(H,14,15)(H,16,19)/p-1/b13-6-. The molecule has 0 spiro atoms. The smallest absolute Gasteiger partial charge is 0.291 e. The fourth-order valence-electron chi connectivity index (χ4n) is 1.50. The first-order valence-corrected chi connectivity index (χ1v) is 5.78. The minimum Gasteiger partial charge on any atom is -0.872 e. The molecule has 0 bridgehead atoms. The Morgan fingerprint density at radius 3 is 2.86 bits per heavy atom. The lowest BCUT2D eigenvalue weighted by Gasteiger charge is -2.08. The van der Waals surface area contributed by atoms with Crippen LogP contribution in [-0.2, 0) is 0 Å². The predicted molar refractivity (Wildman–Crippen MR) is 70.9 cm³/mol. The Bertz CT molecular complexity index is 722. The van der Waals surface area contributed by atoms with Crippen molar-refractivity contribution in [3.8, 4) is 5.75 Å². The summed E-state index contributed by atoms with van der Waals surface area (Å²) < 4.78 is 0. The van der Waals surface area contributed by atoms with Gasteiger partial charge in [0.1, 0.15) is 0 Å². The number of amides is 1. The van der Waals surface area contributed by atoms with E-state index < -0.39 is 16.6 Å². The van der Waals surface area contributed by atoms with Crippen LogP contribution in [-0.4, -0.2) is 27.2 Å². The summed E-state index contributed by atoms with van der Waals surface area (Å²) in [6.45, 7) is 1.74. The Morgan fingerprint density at radius 2 is 2.24 bits per heavy atom. The molecule has 1 heterocycles. The van der Waals surface area contributed by atoms with E-state index in [1.165, 1.54) is 6.07 Å². The first-order valence-electron chi connectivity index (χ1n) is 5.78. The number of rotatable bonds is 4. The highest BCUT2D eigenvalue weighted by atomic mass is 16.6. The maximum absolute atomic E-state index is 11.6. The number of hydrazone groups is 1. The average molecular weight is 288 g/mol. The molecule has 2 rings (SSSR count). The van der Waals surface area contributed by atoms with Crippen LogP contribution in [0.3, 0.4) is 0 Å². The van der Waals surface area contributed by atoms with Gasteiger partial charge in [-0.05, 0) is 18.6 Å². The fraction of sp³-hybridized carbons (Fsp3) is 0.0833. The number of carbonyl (C=O) groups is 1. The van der Waals surface area contributed by atoms with Crippen LogP contribution < -0.4 is 10.5 Å². The summed E-state index contributed by atoms with van der Waals surface area (Å²) in [6.07, 6.45) is 1.05. The summed E-state index contributed by atoms with van der Waals surface area (Å²) in [5.41, 5.74) is 2.80. The summed E-state index contributed by atoms with van der Waals surface area (Å²) >= 11 is 0. The molecule has 2 N–H and O–H groups in total. The summed E-state index contributed by atoms with van der Waals surface area (Å²) in [4.78, 5) is 21.6. The molecule has 0 aliphatic rings. The zero-order valence-corrected chi connectivity index (χ0v) is 10.9. The lowest BCUT2D eigenvalue weighted by atomic mass is 10.2. The molecule has 0 aliphatic heterocycles. The van der Waals surface area contributed by atoms with Crippen LogP contribution in [0.15, 0.2) is 29.4 Å². The van der Waals surface area contributed by atoms with Gasteiger partial charge in [0, 0.05) is 17.8 Å². The minimum atomic E-state index is -0.623. The molecule has 21 heavy (non-hydrogen) atoms. The molecule has 0 radical (unpaired) electrons. The largest absolute Gasteiger partial charge is 0.872 e. The van der Waals surface area contributed by atoms with Gasteiger partial charge in [-0.25, -0.2) is 5.43 Å². The zero-order valence-electron chi connectivity index (χ0n) is 10.9. The van der Waals surface area contributed by atoms with Crippen LogP contribution in [0.4, 0.5) is 5.69 Å². The number of nitro benzene ring substituents is 1. The Hall–Kier alpha value is -3.23. The SMILES string of the molecule is Cc1cc(C(=O)N/N=C\c2cc([N+](=O)[O-])ccc2[O-])n[nH]1. The fourth-order valence-corrected chi connectivity index (χ4v) is 1.50. The monoisotopic (exact) mass is 288 g/mol. The molecule has 1 aromatic carbocycles. The lowest BCUT2D eigenvalue weighted by Crippen LogP contribution is -2.18. The Morgan fingerprint density at radius 1 is 1.48 bits per heavy atom. The van der Waals surface area contributed by atoms with E-state index in [0.29, 0.717) is 5.69 Å². The van der Waals surface area contributed by atoms with Crippen molar-refractivity contribution in [2.24, 2.45) is 5.10 Å². The topological polar surface area (TPSA) is 136 Å². The summed E-state index contributed by atoms with van der Waals surface area (Å²) in [5.74, 6) is -0.998. The van der Waals surface area contributed by atoms with E-state index in [0.717, 1.165) is 24.4 Å². The third-order valence-corrected chi connectivity index (χ3v) is 2.51. The number of non-ortho nitro benzene ring substituents is 1. The first kappa shape index (κ1) is 14.2. The molecule has 0 atom stereocenters. The Labute approximate surface area is 118 Å². The summed E-state index contributed by atoms with van der Waals surface area (Å²) in [5, 5.41) is 32.0. The molecule has 0 saturated heterocycles. The number of hydrogen-bond donors (Lipinski definition) is 2. The van der Waals surface area contributed by atoms with E-state index >= 15 is 0 Å². The molecule has 2 aromatic rings. The lowest BCUT2D eigenvalue weighted by molar-refractivity contribution is -0.385. The van der Waals surface area contributed by atoms with Crippen molar-refractivity contribution in [3.05, 3.63) is 51.3 Å². The molecular weight excluding hydrogens is 278 g/mol. The second-order valence-electron chi connectivity index (χ2n) is 4.11. The van der Waals surface area contributed by atoms with Gasteiger partial charge in [-0.15, -0.1) is 0 Å². The van der Waals surface area contributed by atoms with Gasteiger partial charge < -0.3 is 5.11 Å². The highest BCUT2D eigenvalue weighted by Gasteiger charge is 2.08. The van der Waals surface area contributed by atoms with Gasteiger partial charge in [-0.1, -0.05) is 11.8 Å². The molecule has 0 unspecified atom stereocenters. The van der Waals surface area contributed by atoms with Crippen molar-refractivity contribution < 1.29 is 14.8 Å². The molecule has 1 aromatic heterocycles. The maximum atomic E-state index is 11.6. The number of nitrogens with zero attached hydrogens (tertiary/aromatic N) is 3. The third-order valence-electron chi connectivity index (χ3n) is 2.51. The molecule has 9 heteroatoms. The van der Waals surface area contributed by atoms with Gasteiger partial charge >= 0.3 is 0 Å². The molecule has 0 saturated carbocycles. The van der Waals surface area contributed by atoms with Crippen LogP contribution in [0.2, 0.25) is 0 Å². The Kier molecular flexibility index (Phi) is 3.93. The highest BCUT2D eigenvalue weighted by Crippen LogP contribution is 2.18. The van der Waals surface area contributed by atoms with Gasteiger partial charge in [-0.2, -0.15) is 10.2 Å². The number of nitro groups is 1. The molecule has 1 amide bonds. The normalized spacial score (nSPS) is 10.7. The van der Waals surface area contributed by atoms with Gasteiger partial charge in [0.25, 0.3) is 11.6 Å². The van der Waals surface area contributed by atoms with Crippen LogP contribution in [0, 0.1) is 17.0 Å². The third kappa shape index (κ3) is 3.41. The van der Waals surface area contributed by atoms with Gasteiger partial charge in [0.2, 0.25) is 0 Å². The van der Waals surface area contributed by atoms with E-state index in [-0.39, 0.29) is 16.9 Å². The summed E-state index contributed by atoms with van der Waals surface area (Å²) in [6, 6.07) is 4.77. The van der Waals surface area contributed by atoms with E-state index in [4.69, 9.17) is 0 Å². The molecule has 9 nitrogen and oxygen atoms in total. The van der Waals surface area contributed by atoms with E-state index in [1.807, 2.05) is 0 Å². The first-order chi connectivity index (χ1) is 9.97. The van der Waals surface area contributed by atoms with E-state index in [2.05, 4.69) is 20.7 Å². The quantitative estimate of drug-likeness (QED) is 0.478. The van der Waals surface area contributed by atoms with E-state index in [1.54, 1.807) is 6.92 Å². The number of aromatic amines is 1. The number of H-pyrrole nitrogens is 1. The van der Waals surface area contributed by atoms with Crippen molar-refractivity contribution in [1.82, 2.24) is 15.6 Å². The number of hydrogen-bond acceptors (Lipinski definition) is 6. The van der Waals surface area contributed by atoms with Crippen molar-refractivity contribution in [2.45, 2.75) is 6.92 Å². The van der Waals surface area contributed by atoms with Gasteiger partial charge in [-0.3, -0.25) is 20.0 Å². The maximum Gasteiger partial charge on any atom is 0.291 e. The number of aryl methyl sites for hydroxylation is 1. The average Bonchev–Trinajstić information content (AvgIpc) is 2.87. The number of nitrogens with one attached hydrogen (secondary N) is 2.